The molecule has 1 aliphatic heterocycles. The maximum Gasteiger partial charge on any atom is 0.317 e. The van der Waals surface area contributed by atoms with E-state index in [1.54, 1.807) is 6.33 Å². The van der Waals surface area contributed by atoms with Gasteiger partial charge in [-0.3, -0.25) is 0 Å². The summed E-state index contributed by atoms with van der Waals surface area (Å²) in [5.74, 6) is 0.498. The summed E-state index contributed by atoms with van der Waals surface area (Å²) in [4.78, 5) is 18.0. The van der Waals surface area contributed by atoms with Gasteiger partial charge in [0, 0.05) is 31.9 Å². The smallest absolute Gasteiger partial charge is 0.317 e. The molecule has 2 aliphatic rings. The summed E-state index contributed by atoms with van der Waals surface area (Å²) in [5, 5.41) is 2.90. The molecule has 0 spiro atoms. The van der Waals surface area contributed by atoms with E-state index in [-0.39, 0.29) is 11.6 Å². The van der Waals surface area contributed by atoms with Gasteiger partial charge in [-0.1, -0.05) is 0 Å². The van der Waals surface area contributed by atoms with Gasteiger partial charge in [0.1, 0.15) is 0 Å². The number of fused-ring (bicyclic) bond motifs is 1. The second-order valence-electron chi connectivity index (χ2n) is 5.54. The number of hydrogen-bond acceptors (Lipinski definition) is 3. The zero-order chi connectivity index (χ0) is 12.8. The van der Waals surface area contributed by atoms with E-state index in [1.807, 2.05) is 22.7 Å². The van der Waals surface area contributed by atoms with Crippen molar-refractivity contribution in [1.82, 2.24) is 19.8 Å². The first-order chi connectivity index (χ1) is 8.57. The molecular formula is C12H19N5O. The van der Waals surface area contributed by atoms with Gasteiger partial charge in [-0.05, 0) is 18.8 Å². The minimum atomic E-state index is -0.109. The molecule has 6 heteroatoms. The normalized spacial score (nSPS) is 29.9. The van der Waals surface area contributed by atoms with Gasteiger partial charge >= 0.3 is 6.03 Å². The monoisotopic (exact) mass is 249 g/mol. The Morgan fingerprint density at radius 1 is 1.72 bits per heavy atom. The van der Waals surface area contributed by atoms with Gasteiger partial charge in [0.25, 0.3) is 0 Å². The minimum absolute atomic E-state index is 0.0279. The highest BCUT2D eigenvalue weighted by atomic mass is 16.2. The molecule has 6 nitrogen and oxygen atoms in total. The minimum Gasteiger partial charge on any atom is -0.340 e. The van der Waals surface area contributed by atoms with Crippen molar-refractivity contribution in [2.45, 2.75) is 24.9 Å². The zero-order valence-electron chi connectivity index (χ0n) is 10.6. The molecule has 2 heterocycles. The van der Waals surface area contributed by atoms with Crippen LogP contribution in [0.1, 0.15) is 18.5 Å². The number of nitrogens with one attached hydrogen (secondary N) is 1. The Morgan fingerprint density at radius 2 is 2.56 bits per heavy atom. The van der Waals surface area contributed by atoms with Crippen molar-refractivity contribution in [3.05, 3.63) is 18.2 Å². The number of nitrogens with zero attached hydrogens (tertiary/aromatic N) is 3. The number of rotatable bonds is 2. The van der Waals surface area contributed by atoms with Crippen LogP contribution in [0.15, 0.2) is 12.5 Å². The first-order valence-electron chi connectivity index (χ1n) is 6.35. The number of carbonyl (C=O) groups excluding carboxylic acids is 1. The van der Waals surface area contributed by atoms with Crippen LogP contribution in [0.3, 0.4) is 0 Å². The van der Waals surface area contributed by atoms with Crippen molar-refractivity contribution in [3.63, 3.8) is 0 Å². The highest BCUT2D eigenvalue weighted by Crippen LogP contribution is 2.42. The summed E-state index contributed by atoms with van der Waals surface area (Å²) in [6, 6.07) is -0.0279. The zero-order valence-corrected chi connectivity index (χ0v) is 10.6. The molecule has 0 aromatic carbocycles. The van der Waals surface area contributed by atoms with Gasteiger partial charge in [0.05, 0.1) is 18.6 Å². The van der Waals surface area contributed by atoms with Crippen molar-refractivity contribution in [1.29, 1.82) is 0 Å². The number of nitrogens with two attached hydrogens (primary N) is 1. The summed E-state index contributed by atoms with van der Waals surface area (Å²) >= 11 is 0. The Bertz CT molecular complexity index is 471. The van der Waals surface area contributed by atoms with Crippen LogP contribution in [0.4, 0.5) is 4.79 Å². The molecule has 2 atom stereocenters. The van der Waals surface area contributed by atoms with Crippen molar-refractivity contribution >= 4 is 6.03 Å². The number of aromatic nitrogens is 2. The number of aryl methyl sites for hydroxylation is 1. The van der Waals surface area contributed by atoms with E-state index in [0.29, 0.717) is 19.0 Å². The molecule has 1 saturated carbocycles. The molecule has 2 fully saturated rings. The lowest BCUT2D eigenvalue weighted by atomic mass is 9.70. The highest BCUT2D eigenvalue weighted by molar-refractivity contribution is 5.74. The Hall–Kier alpha value is -1.56. The standard InChI is InChI=1S/C12H19N5O/c1-16-6-10(15-8-16)4-14-11(18)17-5-9-2-3-12(9,13)7-17/h6,8-9H,2-5,7,13H2,1H3,(H,14,18)/t9-,12-/m0/s1. The molecule has 1 saturated heterocycles. The largest absolute Gasteiger partial charge is 0.340 e. The average Bonchev–Trinajstić information content (AvgIpc) is 2.83. The second-order valence-corrected chi connectivity index (χ2v) is 5.54. The van der Waals surface area contributed by atoms with Crippen molar-refractivity contribution in [3.8, 4) is 0 Å². The van der Waals surface area contributed by atoms with Gasteiger partial charge in [0.15, 0.2) is 0 Å². The Balaban J connectivity index is 1.53. The van der Waals surface area contributed by atoms with E-state index in [0.717, 1.165) is 25.1 Å². The SMILES string of the molecule is Cn1cnc(CNC(=O)N2C[C@@H]3CC[C@]3(N)C2)c1. The topological polar surface area (TPSA) is 76.2 Å². The molecule has 1 aromatic rings. The van der Waals surface area contributed by atoms with Crippen LogP contribution in [-0.4, -0.2) is 39.1 Å². The first-order valence-corrected chi connectivity index (χ1v) is 6.35. The van der Waals surface area contributed by atoms with Gasteiger partial charge in [-0.15, -0.1) is 0 Å². The molecule has 0 bridgehead atoms. The Labute approximate surface area is 106 Å². The van der Waals surface area contributed by atoms with Crippen molar-refractivity contribution in [2.75, 3.05) is 13.1 Å². The molecular weight excluding hydrogens is 230 g/mol. The molecule has 1 aliphatic carbocycles. The predicted octanol–water partition coefficient (Wildman–Crippen LogP) is 0.0528. The second kappa shape index (κ2) is 3.98. The van der Waals surface area contributed by atoms with E-state index in [9.17, 15) is 4.79 Å². The number of urea groups is 1. The molecule has 18 heavy (non-hydrogen) atoms. The lowest BCUT2D eigenvalue weighted by Gasteiger charge is -2.39. The molecule has 1 aromatic heterocycles. The van der Waals surface area contributed by atoms with E-state index in [2.05, 4.69) is 10.3 Å². The fourth-order valence-electron chi connectivity index (χ4n) is 2.88. The molecule has 0 unspecified atom stereocenters. The number of hydrogen-bond donors (Lipinski definition) is 2. The van der Waals surface area contributed by atoms with Crippen LogP contribution in [0, 0.1) is 5.92 Å². The van der Waals surface area contributed by atoms with Gasteiger partial charge in [0.2, 0.25) is 0 Å². The molecule has 0 radical (unpaired) electrons. The van der Waals surface area contributed by atoms with E-state index >= 15 is 0 Å². The number of imidazole rings is 1. The van der Waals surface area contributed by atoms with E-state index < -0.39 is 0 Å². The summed E-state index contributed by atoms with van der Waals surface area (Å²) < 4.78 is 1.87. The lowest BCUT2D eigenvalue weighted by Crippen LogP contribution is -2.55. The quantitative estimate of drug-likeness (QED) is 0.777. The third-order valence-electron chi connectivity index (χ3n) is 4.16. The third-order valence-corrected chi connectivity index (χ3v) is 4.16. The average molecular weight is 249 g/mol. The van der Waals surface area contributed by atoms with Crippen LogP contribution < -0.4 is 11.1 Å². The maximum absolute atomic E-state index is 12.0. The van der Waals surface area contributed by atoms with Gasteiger partial charge in [-0.2, -0.15) is 0 Å². The Morgan fingerprint density at radius 3 is 3.06 bits per heavy atom. The Kier molecular flexibility index (Phi) is 2.55. The van der Waals surface area contributed by atoms with Crippen LogP contribution in [-0.2, 0) is 13.6 Å². The first kappa shape index (κ1) is 11.5. The summed E-state index contributed by atoms with van der Waals surface area (Å²) in [5.41, 5.74) is 6.97. The predicted molar refractivity (Wildman–Crippen MR) is 66.7 cm³/mol. The summed E-state index contributed by atoms with van der Waals surface area (Å²) in [7, 11) is 1.91. The fraction of sp³-hybridized carbons (Fsp3) is 0.667. The fourth-order valence-corrected chi connectivity index (χ4v) is 2.88. The lowest BCUT2D eigenvalue weighted by molar-refractivity contribution is 0.187. The van der Waals surface area contributed by atoms with E-state index in [4.69, 9.17) is 5.73 Å². The molecule has 98 valence electrons. The van der Waals surface area contributed by atoms with Gasteiger partial charge in [-0.25, -0.2) is 9.78 Å². The van der Waals surface area contributed by atoms with Crippen LogP contribution >= 0.6 is 0 Å². The van der Waals surface area contributed by atoms with E-state index in [1.165, 1.54) is 0 Å². The number of carbonyl (C=O) groups is 1. The van der Waals surface area contributed by atoms with Gasteiger partial charge < -0.3 is 20.5 Å². The molecule has 3 N–H and O–H groups in total. The van der Waals surface area contributed by atoms with Crippen molar-refractivity contribution in [2.24, 2.45) is 18.7 Å². The maximum atomic E-state index is 12.0. The van der Waals surface area contributed by atoms with Crippen LogP contribution in [0.5, 0.6) is 0 Å². The highest BCUT2D eigenvalue weighted by Gasteiger charge is 2.51. The summed E-state index contributed by atoms with van der Waals surface area (Å²) in [6.07, 6.45) is 5.83. The van der Waals surface area contributed by atoms with Crippen molar-refractivity contribution < 1.29 is 4.79 Å². The molecule has 3 rings (SSSR count). The summed E-state index contributed by atoms with van der Waals surface area (Å²) in [6.45, 7) is 1.95. The number of amides is 2. The van der Waals surface area contributed by atoms with Crippen LogP contribution in [0.2, 0.25) is 0 Å². The number of likely N-dealkylation sites (tertiary alicyclic amines) is 1. The molecule has 2 amide bonds. The third kappa shape index (κ3) is 1.86. The van der Waals surface area contributed by atoms with Crippen LogP contribution in [0.25, 0.3) is 0 Å².